The first-order valence-electron chi connectivity index (χ1n) is 6.63. The molecule has 0 saturated heterocycles. The Morgan fingerprint density at radius 1 is 1.05 bits per heavy atom. The van der Waals surface area contributed by atoms with Gasteiger partial charge in [0.1, 0.15) is 0 Å². The average Bonchev–Trinajstić information content (AvgIpc) is 2.49. The number of hydrogen-bond acceptors (Lipinski definition) is 4. The Labute approximate surface area is 118 Å². The van der Waals surface area contributed by atoms with Crippen molar-refractivity contribution in [2.45, 2.75) is 13.8 Å². The van der Waals surface area contributed by atoms with Gasteiger partial charge in [-0.15, -0.1) is 0 Å². The first-order valence-corrected chi connectivity index (χ1v) is 6.63. The van der Waals surface area contributed by atoms with Crippen LogP contribution in [0.5, 0.6) is 0 Å². The van der Waals surface area contributed by atoms with Gasteiger partial charge in [0.05, 0.1) is 0 Å². The van der Waals surface area contributed by atoms with E-state index in [4.69, 9.17) is 5.73 Å². The maximum absolute atomic E-state index is 12.2. The molecule has 0 atom stereocenters. The van der Waals surface area contributed by atoms with Crippen molar-refractivity contribution >= 4 is 11.9 Å². The molecule has 0 aliphatic rings. The van der Waals surface area contributed by atoms with Crippen LogP contribution in [-0.4, -0.2) is 33.9 Å². The molecule has 2 N–H and O–H groups in total. The predicted octanol–water partition coefficient (Wildman–Crippen LogP) is 2.21. The fraction of sp³-hybridized carbons (Fsp3) is 0.267. The number of aromatic nitrogens is 2. The van der Waals surface area contributed by atoms with Crippen molar-refractivity contribution in [2.24, 2.45) is 0 Å². The van der Waals surface area contributed by atoms with Crippen LogP contribution in [0.4, 0.5) is 5.95 Å². The zero-order valence-electron chi connectivity index (χ0n) is 11.7. The summed E-state index contributed by atoms with van der Waals surface area (Å²) in [5, 5.41) is 0. The molecule has 1 aromatic carbocycles. The molecular formula is C15H18N4O. The van der Waals surface area contributed by atoms with Gasteiger partial charge in [0.2, 0.25) is 5.95 Å². The smallest absolute Gasteiger partial charge is 0.253 e. The van der Waals surface area contributed by atoms with Crippen molar-refractivity contribution in [3.63, 3.8) is 0 Å². The molecule has 20 heavy (non-hydrogen) atoms. The van der Waals surface area contributed by atoms with E-state index in [0.29, 0.717) is 18.7 Å². The second kappa shape index (κ2) is 6.14. The van der Waals surface area contributed by atoms with Crippen molar-refractivity contribution in [1.82, 2.24) is 14.9 Å². The van der Waals surface area contributed by atoms with E-state index >= 15 is 0 Å². The van der Waals surface area contributed by atoms with Gasteiger partial charge in [0.15, 0.2) is 0 Å². The number of benzene rings is 1. The molecule has 0 saturated carbocycles. The summed E-state index contributed by atoms with van der Waals surface area (Å²) in [6, 6.07) is 7.44. The summed E-state index contributed by atoms with van der Waals surface area (Å²) in [5.74, 6) is 0.303. The van der Waals surface area contributed by atoms with Crippen LogP contribution in [-0.2, 0) is 0 Å². The molecule has 2 aromatic rings. The lowest BCUT2D eigenvalue weighted by atomic mass is 10.1. The van der Waals surface area contributed by atoms with Crippen molar-refractivity contribution in [3.8, 4) is 11.1 Å². The third kappa shape index (κ3) is 2.93. The lowest BCUT2D eigenvalue weighted by molar-refractivity contribution is 0.0773. The summed E-state index contributed by atoms with van der Waals surface area (Å²) < 4.78 is 0. The Bertz CT molecular complexity index is 574. The Morgan fingerprint density at radius 2 is 1.60 bits per heavy atom. The van der Waals surface area contributed by atoms with Gasteiger partial charge < -0.3 is 10.6 Å². The molecule has 1 amide bonds. The minimum Gasteiger partial charge on any atom is -0.368 e. The Kier molecular flexibility index (Phi) is 4.30. The third-order valence-corrected chi connectivity index (χ3v) is 3.19. The molecule has 104 valence electrons. The second-order valence-corrected chi connectivity index (χ2v) is 4.38. The van der Waals surface area contributed by atoms with Crippen LogP contribution in [0.1, 0.15) is 24.2 Å². The van der Waals surface area contributed by atoms with E-state index in [0.717, 1.165) is 11.1 Å². The van der Waals surface area contributed by atoms with Gasteiger partial charge >= 0.3 is 0 Å². The van der Waals surface area contributed by atoms with E-state index in [1.54, 1.807) is 17.3 Å². The van der Waals surface area contributed by atoms with E-state index in [-0.39, 0.29) is 11.9 Å². The van der Waals surface area contributed by atoms with E-state index in [9.17, 15) is 4.79 Å². The zero-order chi connectivity index (χ0) is 14.5. The van der Waals surface area contributed by atoms with Crippen LogP contribution < -0.4 is 5.73 Å². The highest BCUT2D eigenvalue weighted by Gasteiger charge is 2.12. The summed E-state index contributed by atoms with van der Waals surface area (Å²) >= 11 is 0. The van der Waals surface area contributed by atoms with E-state index < -0.39 is 0 Å². The molecular weight excluding hydrogens is 252 g/mol. The Balaban J connectivity index is 2.22. The lowest BCUT2D eigenvalue weighted by Crippen LogP contribution is -2.30. The highest BCUT2D eigenvalue weighted by atomic mass is 16.2. The van der Waals surface area contributed by atoms with Gasteiger partial charge in [-0.1, -0.05) is 12.1 Å². The summed E-state index contributed by atoms with van der Waals surface area (Å²) in [4.78, 5) is 21.9. The predicted molar refractivity (Wildman–Crippen MR) is 79.1 cm³/mol. The number of nitrogens with two attached hydrogens (primary N) is 1. The van der Waals surface area contributed by atoms with Crippen LogP contribution in [0.25, 0.3) is 11.1 Å². The Morgan fingerprint density at radius 3 is 2.10 bits per heavy atom. The first-order chi connectivity index (χ1) is 9.65. The monoisotopic (exact) mass is 270 g/mol. The molecule has 2 rings (SSSR count). The van der Waals surface area contributed by atoms with E-state index in [1.165, 1.54) is 0 Å². The number of carbonyl (C=O) groups excluding carboxylic acids is 1. The van der Waals surface area contributed by atoms with Crippen LogP contribution in [0.15, 0.2) is 36.7 Å². The van der Waals surface area contributed by atoms with Crippen LogP contribution in [0.2, 0.25) is 0 Å². The van der Waals surface area contributed by atoms with Crippen LogP contribution in [0, 0.1) is 0 Å². The molecule has 5 heteroatoms. The number of nitrogen functional groups attached to an aromatic ring is 1. The van der Waals surface area contributed by atoms with Gasteiger partial charge in [0.25, 0.3) is 5.91 Å². The first kappa shape index (κ1) is 14.0. The topological polar surface area (TPSA) is 72.1 Å². The maximum atomic E-state index is 12.2. The molecule has 0 aliphatic carbocycles. The molecule has 0 aliphatic heterocycles. The quantitative estimate of drug-likeness (QED) is 0.924. The Hall–Kier alpha value is -2.43. The third-order valence-electron chi connectivity index (χ3n) is 3.19. The fourth-order valence-corrected chi connectivity index (χ4v) is 1.99. The summed E-state index contributed by atoms with van der Waals surface area (Å²) in [5.41, 5.74) is 7.98. The molecule has 0 fully saturated rings. The number of hydrogen-bond donors (Lipinski definition) is 1. The van der Waals surface area contributed by atoms with E-state index in [2.05, 4.69) is 9.97 Å². The second-order valence-electron chi connectivity index (χ2n) is 4.38. The summed E-state index contributed by atoms with van der Waals surface area (Å²) in [6.45, 7) is 5.37. The van der Waals surface area contributed by atoms with Gasteiger partial charge in [-0.3, -0.25) is 4.79 Å². The molecule has 0 spiro atoms. The van der Waals surface area contributed by atoms with Gasteiger partial charge in [-0.25, -0.2) is 9.97 Å². The van der Waals surface area contributed by atoms with Gasteiger partial charge in [-0.2, -0.15) is 0 Å². The molecule has 0 unspecified atom stereocenters. The lowest BCUT2D eigenvalue weighted by Gasteiger charge is -2.18. The van der Waals surface area contributed by atoms with Crippen molar-refractivity contribution < 1.29 is 4.79 Å². The fourth-order valence-electron chi connectivity index (χ4n) is 1.99. The zero-order valence-corrected chi connectivity index (χ0v) is 11.7. The number of carbonyl (C=O) groups is 1. The number of rotatable bonds is 4. The minimum absolute atomic E-state index is 0.0510. The molecule has 5 nitrogen and oxygen atoms in total. The standard InChI is InChI=1S/C15H18N4O/c1-3-19(4-2)14(20)12-7-5-11(6-8-12)13-9-17-15(16)18-10-13/h5-10H,3-4H2,1-2H3,(H2,16,17,18). The number of nitrogens with zero attached hydrogens (tertiary/aromatic N) is 3. The summed E-state index contributed by atoms with van der Waals surface area (Å²) in [7, 11) is 0. The maximum Gasteiger partial charge on any atom is 0.253 e. The molecule has 1 aromatic heterocycles. The number of amides is 1. The number of anilines is 1. The van der Waals surface area contributed by atoms with Crippen molar-refractivity contribution in [3.05, 3.63) is 42.2 Å². The summed E-state index contributed by atoms with van der Waals surface area (Å²) in [6.07, 6.45) is 3.34. The molecule has 1 heterocycles. The SMILES string of the molecule is CCN(CC)C(=O)c1ccc(-c2cnc(N)nc2)cc1. The van der Waals surface area contributed by atoms with E-state index in [1.807, 2.05) is 38.1 Å². The molecule has 0 bridgehead atoms. The largest absolute Gasteiger partial charge is 0.368 e. The minimum atomic E-state index is 0.0510. The normalized spacial score (nSPS) is 10.3. The van der Waals surface area contributed by atoms with Crippen molar-refractivity contribution in [2.75, 3.05) is 18.8 Å². The average molecular weight is 270 g/mol. The van der Waals surface area contributed by atoms with Crippen LogP contribution >= 0.6 is 0 Å². The van der Waals surface area contributed by atoms with Crippen molar-refractivity contribution in [1.29, 1.82) is 0 Å². The van der Waals surface area contributed by atoms with Gasteiger partial charge in [-0.05, 0) is 31.5 Å². The highest BCUT2D eigenvalue weighted by molar-refractivity contribution is 5.94. The van der Waals surface area contributed by atoms with Gasteiger partial charge in [0, 0.05) is 36.6 Å². The van der Waals surface area contributed by atoms with Crippen LogP contribution in [0.3, 0.4) is 0 Å². The molecule has 0 radical (unpaired) electrons. The highest BCUT2D eigenvalue weighted by Crippen LogP contribution is 2.19.